The van der Waals surface area contributed by atoms with Crippen molar-refractivity contribution in [2.45, 2.75) is 25.9 Å². The van der Waals surface area contributed by atoms with Crippen molar-refractivity contribution in [3.8, 4) is 23.0 Å². The van der Waals surface area contributed by atoms with E-state index in [-0.39, 0.29) is 12.4 Å². The van der Waals surface area contributed by atoms with Gasteiger partial charge in [-0.05, 0) is 59.4 Å². The van der Waals surface area contributed by atoms with E-state index in [1.54, 1.807) is 28.4 Å². The Morgan fingerprint density at radius 3 is 2.20 bits per heavy atom. The summed E-state index contributed by atoms with van der Waals surface area (Å²) >= 11 is 0. The third-order valence-electron chi connectivity index (χ3n) is 7.80. The number of aromatic nitrogens is 4. The molecule has 0 spiro atoms. The molecule has 0 radical (unpaired) electrons. The van der Waals surface area contributed by atoms with E-state index in [0.717, 1.165) is 53.4 Å². The van der Waals surface area contributed by atoms with Gasteiger partial charge in [0.2, 0.25) is 5.95 Å². The lowest BCUT2D eigenvalue weighted by Crippen LogP contribution is -2.31. The maximum absolute atomic E-state index is 5.59. The Balaban J connectivity index is 0.00000384. The van der Waals surface area contributed by atoms with Gasteiger partial charge in [-0.3, -0.25) is 0 Å². The predicted octanol–water partition coefficient (Wildman–Crippen LogP) is 5.55. The summed E-state index contributed by atoms with van der Waals surface area (Å²) in [5.41, 5.74) is 6.31. The molecule has 0 saturated heterocycles. The number of hydrogen-bond donors (Lipinski definition) is 1. The first-order chi connectivity index (χ1) is 21.1. The van der Waals surface area contributed by atoms with Crippen molar-refractivity contribution < 1.29 is 18.9 Å². The highest BCUT2D eigenvalue weighted by molar-refractivity contribution is 5.86. The normalized spacial score (nSPS) is 12.3. The highest BCUT2D eigenvalue weighted by atomic mass is 35.5. The Morgan fingerprint density at radius 1 is 0.773 bits per heavy atom. The molecule has 2 aromatic heterocycles. The van der Waals surface area contributed by atoms with Gasteiger partial charge in [-0.1, -0.05) is 36.4 Å². The molecule has 1 N–H and O–H groups in total. The maximum atomic E-state index is 5.59. The van der Waals surface area contributed by atoms with Gasteiger partial charge in [0, 0.05) is 19.6 Å². The van der Waals surface area contributed by atoms with Gasteiger partial charge in [0.1, 0.15) is 0 Å². The Morgan fingerprint density at radius 2 is 1.48 bits per heavy atom. The maximum Gasteiger partial charge on any atom is 0.226 e. The molecule has 5 aromatic rings. The number of fused-ring (bicyclic) bond motifs is 2. The fourth-order valence-electron chi connectivity index (χ4n) is 5.54. The van der Waals surface area contributed by atoms with Gasteiger partial charge in [-0.2, -0.15) is 9.97 Å². The Hall–Kier alpha value is -4.70. The molecule has 0 saturated carbocycles. The minimum Gasteiger partial charge on any atom is -0.493 e. The topological polar surface area (TPSA) is 95.8 Å². The third-order valence-corrected chi connectivity index (χ3v) is 7.80. The number of nitrogens with zero attached hydrogens (tertiary/aromatic N) is 5. The molecular weight excluding hydrogens is 580 g/mol. The molecule has 0 fully saturated rings. The summed E-state index contributed by atoms with van der Waals surface area (Å²) in [6.45, 7) is 2.79. The summed E-state index contributed by atoms with van der Waals surface area (Å²) in [6.07, 6.45) is 3.47. The lowest BCUT2D eigenvalue weighted by atomic mass is 9.98. The van der Waals surface area contributed by atoms with Gasteiger partial charge < -0.3 is 33.7 Å². The standard InChI is InChI=1S/C33H36N6O4.ClH/c1-40-26-11-10-22(16-27(26)41-2)12-14-34-33-36-31(30-32(37-33)39(21-35-30)19-23-8-6-5-7-9-23)38-15-13-24-17-28(42-3)29(43-4)18-25(24)20-38;/h5-11,16-18,21H,12-15,19-20H2,1-4H3,(H,34,36,37);1H. The minimum absolute atomic E-state index is 0. The second-order valence-electron chi connectivity index (χ2n) is 10.4. The molecule has 1 aliphatic rings. The number of halogens is 1. The van der Waals surface area contributed by atoms with Gasteiger partial charge in [0.15, 0.2) is 40.0 Å². The van der Waals surface area contributed by atoms with Crippen LogP contribution in [0.1, 0.15) is 22.3 Å². The van der Waals surface area contributed by atoms with E-state index in [9.17, 15) is 0 Å². The smallest absolute Gasteiger partial charge is 0.226 e. The van der Waals surface area contributed by atoms with Crippen molar-refractivity contribution in [3.05, 3.63) is 89.2 Å². The first-order valence-corrected chi connectivity index (χ1v) is 14.3. The van der Waals surface area contributed by atoms with Gasteiger partial charge >= 0.3 is 0 Å². The largest absolute Gasteiger partial charge is 0.493 e. The molecule has 0 aliphatic carbocycles. The van der Waals surface area contributed by atoms with Crippen LogP contribution in [0.15, 0.2) is 67.0 Å². The van der Waals surface area contributed by atoms with Crippen LogP contribution in [0.4, 0.5) is 11.8 Å². The van der Waals surface area contributed by atoms with Crippen molar-refractivity contribution in [2.24, 2.45) is 0 Å². The van der Waals surface area contributed by atoms with Gasteiger partial charge in [-0.25, -0.2) is 4.98 Å². The van der Waals surface area contributed by atoms with Crippen molar-refractivity contribution >= 4 is 35.3 Å². The molecule has 0 amide bonds. The first-order valence-electron chi connectivity index (χ1n) is 14.3. The summed E-state index contributed by atoms with van der Waals surface area (Å²) in [6, 6.07) is 20.5. The predicted molar refractivity (Wildman–Crippen MR) is 174 cm³/mol. The SMILES string of the molecule is COc1ccc(CCNc2nc(N3CCc4cc(OC)c(OC)cc4C3)c3ncn(Cc4ccccc4)c3n2)cc1OC.Cl. The summed E-state index contributed by atoms with van der Waals surface area (Å²) in [4.78, 5) is 17.0. The van der Waals surface area contributed by atoms with Crippen molar-refractivity contribution in [2.75, 3.05) is 51.7 Å². The summed E-state index contributed by atoms with van der Waals surface area (Å²) < 4.78 is 24.1. The second kappa shape index (κ2) is 13.7. The third kappa shape index (κ3) is 6.30. The van der Waals surface area contributed by atoms with Gasteiger partial charge in [0.25, 0.3) is 0 Å². The van der Waals surface area contributed by atoms with E-state index in [2.05, 4.69) is 39.0 Å². The molecule has 3 aromatic carbocycles. The molecule has 11 heteroatoms. The van der Waals surface area contributed by atoms with Crippen LogP contribution in [-0.4, -0.2) is 61.0 Å². The monoisotopic (exact) mass is 616 g/mol. The lowest BCUT2D eigenvalue weighted by Gasteiger charge is -2.30. The van der Waals surface area contributed by atoms with Gasteiger partial charge in [-0.15, -0.1) is 12.4 Å². The van der Waals surface area contributed by atoms with Crippen LogP contribution < -0.4 is 29.2 Å². The van der Waals surface area contributed by atoms with Crippen LogP contribution in [0.5, 0.6) is 23.0 Å². The number of anilines is 2. The minimum atomic E-state index is 0. The van der Waals surface area contributed by atoms with E-state index in [1.807, 2.05) is 42.7 Å². The Bertz CT molecular complexity index is 1730. The van der Waals surface area contributed by atoms with Crippen LogP contribution >= 0.6 is 12.4 Å². The summed E-state index contributed by atoms with van der Waals surface area (Å²) in [5, 5.41) is 3.47. The number of imidazole rings is 1. The highest BCUT2D eigenvalue weighted by Crippen LogP contribution is 2.36. The van der Waals surface area contributed by atoms with Crippen LogP contribution in [0.3, 0.4) is 0 Å². The quantitative estimate of drug-likeness (QED) is 0.205. The van der Waals surface area contributed by atoms with Crippen molar-refractivity contribution in [3.63, 3.8) is 0 Å². The number of hydrogen-bond acceptors (Lipinski definition) is 9. The number of ether oxygens (including phenoxy) is 4. The lowest BCUT2D eigenvalue weighted by molar-refractivity contribution is 0.353. The Labute approximate surface area is 263 Å². The average molecular weight is 617 g/mol. The molecule has 230 valence electrons. The van der Waals surface area contributed by atoms with Crippen molar-refractivity contribution in [1.29, 1.82) is 0 Å². The average Bonchev–Trinajstić information content (AvgIpc) is 3.45. The second-order valence-corrected chi connectivity index (χ2v) is 10.4. The van der Waals surface area contributed by atoms with E-state index >= 15 is 0 Å². The Kier molecular flexibility index (Phi) is 9.59. The molecule has 44 heavy (non-hydrogen) atoms. The van der Waals surface area contributed by atoms with Crippen molar-refractivity contribution in [1.82, 2.24) is 19.5 Å². The fraction of sp³-hybridized carbons (Fsp3) is 0.303. The van der Waals surface area contributed by atoms with Crippen LogP contribution in [0.25, 0.3) is 11.2 Å². The molecule has 1 aliphatic heterocycles. The zero-order valence-corrected chi connectivity index (χ0v) is 26.2. The van der Waals surface area contributed by atoms with E-state index < -0.39 is 0 Å². The summed E-state index contributed by atoms with van der Waals surface area (Å²) in [5.74, 6) is 4.27. The zero-order chi connectivity index (χ0) is 29.8. The van der Waals surface area contributed by atoms with E-state index in [0.29, 0.717) is 37.1 Å². The first kappa shape index (κ1) is 30.7. The van der Waals surface area contributed by atoms with Crippen LogP contribution in [0, 0.1) is 0 Å². The molecule has 0 atom stereocenters. The number of rotatable bonds is 11. The van der Waals surface area contributed by atoms with Gasteiger partial charge in [0.05, 0.1) is 41.3 Å². The zero-order valence-electron chi connectivity index (χ0n) is 25.4. The molecule has 0 unspecified atom stereocenters. The fourth-order valence-corrected chi connectivity index (χ4v) is 5.54. The number of benzene rings is 3. The van der Waals surface area contributed by atoms with Crippen LogP contribution in [-0.2, 0) is 25.9 Å². The number of methoxy groups -OCH3 is 4. The van der Waals surface area contributed by atoms with Crippen LogP contribution in [0.2, 0.25) is 0 Å². The molecule has 0 bridgehead atoms. The highest BCUT2D eigenvalue weighted by Gasteiger charge is 2.24. The molecule has 6 rings (SSSR count). The summed E-state index contributed by atoms with van der Waals surface area (Å²) in [7, 11) is 6.62. The molecule has 3 heterocycles. The molecular formula is C33H37ClN6O4. The van der Waals surface area contributed by atoms with E-state index in [4.69, 9.17) is 33.9 Å². The number of nitrogens with one attached hydrogen (secondary N) is 1. The van der Waals surface area contributed by atoms with E-state index in [1.165, 1.54) is 16.7 Å². The molecule has 10 nitrogen and oxygen atoms in total.